The van der Waals surface area contributed by atoms with Crippen LogP contribution in [0.15, 0.2) is 6.20 Å². The maximum Gasteiger partial charge on any atom is 0.275 e. The highest BCUT2D eigenvalue weighted by atomic mass is 32.1. The molecule has 1 aromatic rings. The van der Waals surface area contributed by atoms with E-state index in [9.17, 15) is 4.79 Å². The molecular formula is C7H10N4OS. The molecule has 1 amide bonds. The van der Waals surface area contributed by atoms with Crippen LogP contribution < -0.4 is 5.73 Å². The molecule has 2 N–H and O–H groups in total. The summed E-state index contributed by atoms with van der Waals surface area (Å²) in [4.78, 5) is 13.4. The second-order valence-corrected chi connectivity index (χ2v) is 3.65. The summed E-state index contributed by atoms with van der Waals surface area (Å²) < 4.78 is 7.67. The summed E-state index contributed by atoms with van der Waals surface area (Å²) in [6.07, 6.45) is 2.38. The van der Waals surface area contributed by atoms with Crippen LogP contribution in [-0.2, 0) is 0 Å². The number of carbonyl (C=O) groups excluding carboxylic acids is 1. The van der Waals surface area contributed by atoms with Gasteiger partial charge in [0.25, 0.3) is 5.91 Å². The third-order valence-electron chi connectivity index (χ3n) is 2.09. The number of hydrogen-bond acceptors (Lipinski definition) is 5. The monoisotopic (exact) mass is 198 g/mol. The summed E-state index contributed by atoms with van der Waals surface area (Å²) in [7, 11) is 0. The fourth-order valence-electron chi connectivity index (χ4n) is 1.39. The lowest BCUT2D eigenvalue weighted by molar-refractivity contribution is 0.0786. The number of amides is 1. The average molecular weight is 198 g/mol. The van der Waals surface area contributed by atoms with Crippen molar-refractivity contribution in [3.05, 3.63) is 11.9 Å². The molecule has 2 heterocycles. The van der Waals surface area contributed by atoms with Crippen LogP contribution in [0.5, 0.6) is 0 Å². The molecule has 0 aromatic carbocycles. The molecule has 1 aliphatic rings. The molecule has 0 radical (unpaired) electrons. The largest absolute Gasteiger partial charge is 0.336 e. The van der Waals surface area contributed by atoms with Crippen LogP contribution in [0, 0.1) is 0 Å². The minimum atomic E-state index is -0.0540. The lowest BCUT2D eigenvalue weighted by Gasteiger charge is -2.13. The Balaban J connectivity index is 2.06. The number of hydrogen-bond donors (Lipinski definition) is 1. The smallest absolute Gasteiger partial charge is 0.275 e. The van der Waals surface area contributed by atoms with Crippen LogP contribution in [0.3, 0.4) is 0 Å². The van der Waals surface area contributed by atoms with Gasteiger partial charge in [0.15, 0.2) is 5.69 Å². The minimum absolute atomic E-state index is 0.0540. The van der Waals surface area contributed by atoms with Crippen molar-refractivity contribution < 1.29 is 4.79 Å². The van der Waals surface area contributed by atoms with Crippen LogP contribution in [0.1, 0.15) is 16.9 Å². The van der Waals surface area contributed by atoms with Gasteiger partial charge in [-0.3, -0.25) is 4.79 Å². The Hall–Kier alpha value is -1.01. The molecule has 6 heteroatoms. The van der Waals surface area contributed by atoms with Gasteiger partial charge in [-0.05, 0) is 6.42 Å². The molecule has 0 bridgehead atoms. The molecule has 1 aromatic heterocycles. The molecule has 0 saturated carbocycles. The minimum Gasteiger partial charge on any atom is -0.336 e. The number of nitrogens with two attached hydrogens (primary N) is 1. The summed E-state index contributed by atoms with van der Waals surface area (Å²) >= 11 is 1.05. The third kappa shape index (κ3) is 1.68. The zero-order valence-electron chi connectivity index (χ0n) is 7.01. The van der Waals surface area contributed by atoms with E-state index in [0.29, 0.717) is 12.2 Å². The molecule has 13 heavy (non-hydrogen) atoms. The molecular weight excluding hydrogens is 188 g/mol. The first kappa shape index (κ1) is 8.58. The van der Waals surface area contributed by atoms with E-state index >= 15 is 0 Å². The van der Waals surface area contributed by atoms with Gasteiger partial charge in [-0.25, -0.2) is 0 Å². The quantitative estimate of drug-likeness (QED) is 0.673. The summed E-state index contributed by atoms with van der Waals surface area (Å²) in [5, 5.41) is 0. The van der Waals surface area contributed by atoms with Gasteiger partial charge >= 0.3 is 0 Å². The Morgan fingerprint density at radius 3 is 3.15 bits per heavy atom. The summed E-state index contributed by atoms with van der Waals surface area (Å²) in [6.45, 7) is 1.37. The van der Waals surface area contributed by atoms with Crippen molar-refractivity contribution in [3.63, 3.8) is 0 Å². The fraction of sp³-hybridized carbons (Fsp3) is 0.571. The lowest BCUT2D eigenvalue weighted by Crippen LogP contribution is -2.31. The summed E-state index contributed by atoms with van der Waals surface area (Å²) in [6, 6.07) is 0.121. The molecule has 0 unspecified atom stereocenters. The maximum absolute atomic E-state index is 11.6. The van der Waals surface area contributed by atoms with Crippen molar-refractivity contribution in [2.45, 2.75) is 12.5 Å². The second-order valence-electron chi connectivity index (χ2n) is 3.09. The predicted molar refractivity (Wildman–Crippen MR) is 48.4 cm³/mol. The van der Waals surface area contributed by atoms with E-state index in [2.05, 4.69) is 8.75 Å². The molecule has 2 rings (SSSR count). The standard InChI is InChI=1S/C7H10N4OS/c8-5-1-2-11(4-5)7(12)6-3-9-13-10-6/h3,5H,1-2,4,8H2/t5-/m0/s1. The number of aromatic nitrogens is 2. The van der Waals surface area contributed by atoms with Crippen molar-refractivity contribution in [1.29, 1.82) is 0 Å². The first-order valence-corrected chi connectivity index (χ1v) is 4.83. The van der Waals surface area contributed by atoms with Crippen molar-refractivity contribution in [3.8, 4) is 0 Å². The molecule has 0 aliphatic carbocycles. The van der Waals surface area contributed by atoms with Crippen molar-refractivity contribution >= 4 is 17.6 Å². The topological polar surface area (TPSA) is 72.1 Å². The van der Waals surface area contributed by atoms with Crippen LogP contribution in [0.25, 0.3) is 0 Å². The second kappa shape index (κ2) is 3.39. The highest BCUT2D eigenvalue weighted by molar-refractivity contribution is 6.99. The van der Waals surface area contributed by atoms with Gasteiger partial charge in [0.05, 0.1) is 17.9 Å². The van der Waals surface area contributed by atoms with E-state index in [4.69, 9.17) is 5.73 Å². The Bertz CT molecular complexity index is 299. The third-order valence-corrected chi connectivity index (χ3v) is 2.57. The normalized spacial score (nSPS) is 22.2. The zero-order chi connectivity index (χ0) is 9.26. The molecule has 5 nitrogen and oxygen atoms in total. The Morgan fingerprint density at radius 1 is 1.77 bits per heavy atom. The SMILES string of the molecule is N[C@H]1CCN(C(=O)c2cnsn2)C1. The average Bonchev–Trinajstić information content (AvgIpc) is 2.72. The van der Waals surface area contributed by atoms with E-state index in [1.54, 1.807) is 4.90 Å². The van der Waals surface area contributed by atoms with Gasteiger partial charge < -0.3 is 10.6 Å². The van der Waals surface area contributed by atoms with Crippen LogP contribution in [-0.4, -0.2) is 38.7 Å². The maximum atomic E-state index is 11.6. The molecule has 1 saturated heterocycles. The van der Waals surface area contributed by atoms with Crippen LogP contribution in [0.4, 0.5) is 0 Å². The van der Waals surface area contributed by atoms with Crippen LogP contribution >= 0.6 is 11.7 Å². The van der Waals surface area contributed by atoms with Gasteiger partial charge in [-0.1, -0.05) is 0 Å². The van der Waals surface area contributed by atoms with Gasteiger partial charge in [0.2, 0.25) is 0 Å². The van der Waals surface area contributed by atoms with E-state index in [1.807, 2.05) is 0 Å². The Morgan fingerprint density at radius 2 is 2.62 bits per heavy atom. The molecule has 1 aliphatic heterocycles. The van der Waals surface area contributed by atoms with Crippen molar-refractivity contribution in [2.75, 3.05) is 13.1 Å². The van der Waals surface area contributed by atoms with Gasteiger partial charge in [-0.15, -0.1) is 0 Å². The van der Waals surface area contributed by atoms with Crippen LogP contribution in [0.2, 0.25) is 0 Å². The van der Waals surface area contributed by atoms with E-state index in [1.165, 1.54) is 6.20 Å². The zero-order valence-corrected chi connectivity index (χ0v) is 7.83. The first-order chi connectivity index (χ1) is 6.27. The fourth-order valence-corrected chi connectivity index (χ4v) is 1.80. The number of rotatable bonds is 1. The first-order valence-electron chi connectivity index (χ1n) is 4.10. The molecule has 0 spiro atoms. The predicted octanol–water partition coefficient (Wildman–Crippen LogP) is -0.289. The van der Waals surface area contributed by atoms with Gasteiger partial charge in [0.1, 0.15) is 0 Å². The Labute approximate surface area is 79.9 Å². The molecule has 70 valence electrons. The number of carbonyl (C=O) groups is 1. The van der Waals surface area contributed by atoms with Crippen molar-refractivity contribution in [1.82, 2.24) is 13.6 Å². The Kier molecular flexibility index (Phi) is 2.24. The lowest BCUT2D eigenvalue weighted by atomic mass is 10.3. The number of nitrogens with zero attached hydrogens (tertiary/aromatic N) is 3. The van der Waals surface area contributed by atoms with E-state index < -0.39 is 0 Å². The molecule has 1 atom stereocenters. The highest BCUT2D eigenvalue weighted by Gasteiger charge is 2.25. The summed E-state index contributed by atoms with van der Waals surface area (Å²) in [5.74, 6) is -0.0540. The van der Waals surface area contributed by atoms with Crippen molar-refractivity contribution in [2.24, 2.45) is 5.73 Å². The highest BCUT2D eigenvalue weighted by Crippen LogP contribution is 2.10. The van der Waals surface area contributed by atoms with Gasteiger partial charge in [0, 0.05) is 19.1 Å². The van der Waals surface area contributed by atoms with E-state index in [-0.39, 0.29) is 11.9 Å². The number of likely N-dealkylation sites (tertiary alicyclic amines) is 1. The molecule has 1 fully saturated rings. The van der Waals surface area contributed by atoms with Gasteiger partial charge in [-0.2, -0.15) is 8.75 Å². The van der Waals surface area contributed by atoms with E-state index in [0.717, 1.165) is 24.7 Å². The summed E-state index contributed by atoms with van der Waals surface area (Å²) in [5.41, 5.74) is 6.12.